The Kier molecular flexibility index (Phi) is 4.87. The van der Waals surface area contributed by atoms with Crippen LogP contribution in [0.3, 0.4) is 0 Å². The maximum Gasteiger partial charge on any atom is 0.233 e. The molecule has 1 aliphatic heterocycles. The van der Waals surface area contributed by atoms with E-state index in [0.29, 0.717) is 19.8 Å². The van der Waals surface area contributed by atoms with E-state index >= 15 is 0 Å². The quantitative estimate of drug-likeness (QED) is 0.721. The van der Waals surface area contributed by atoms with Crippen molar-refractivity contribution in [3.8, 4) is 5.75 Å². The third kappa shape index (κ3) is 3.35. The molecule has 126 valence electrons. The van der Waals surface area contributed by atoms with Crippen LogP contribution >= 0.6 is 0 Å². The summed E-state index contributed by atoms with van der Waals surface area (Å²) in [4.78, 5) is 14.9. The fourth-order valence-corrected chi connectivity index (χ4v) is 3.31. The summed E-state index contributed by atoms with van der Waals surface area (Å²) in [5.41, 5.74) is 0.792. The van der Waals surface area contributed by atoms with Gasteiger partial charge in [0.25, 0.3) is 0 Å². The third-order valence-electron chi connectivity index (χ3n) is 4.88. The molecule has 23 heavy (non-hydrogen) atoms. The minimum Gasteiger partial charge on any atom is -0.497 e. The van der Waals surface area contributed by atoms with Gasteiger partial charge in [-0.2, -0.15) is 0 Å². The van der Waals surface area contributed by atoms with Gasteiger partial charge in [-0.1, -0.05) is 12.1 Å². The van der Waals surface area contributed by atoms with Gasteiger partial charge in [0.05, 0.1) is 31.8 Å². The van der Waals surface area contributed by atoms with E-state index in [1.54, 1.807) is 14.2 Å². The Balaban J connectivity index is 1.61. The molecule has 1 heterocycles. The summed E-state index contributed by atoms with van der Waals surface area (Å²) >= 11 is 0. The van der Waals surface area contributed by atoms with E-state index < -0.39 is 0 Å². The second-order valence-electron chi connectivity index (χ2n) is 6.34. The van der Waals surface area contributed by atoms with Crippen LogP contribution in [0.15, 0.2) is 24.3 Å². The number of amides is 1. The van der Waals surface area contributed by atoms with Crippen LogP contribution in [0.2, 0.25) is 0 Å². The largest absolute Gasteiger partial charge is 0.497 e. The van der Waals surface area contributed by atoms with Crippen molar-refractivity contribution in [2.45, 2.75) is 30.8 Å². The number of hydrogen-bond acceptors (Lipinski definition) is 4. The van der Waals surface area contributed by atoms with Gasteiger partial charge in [0.2, 0.25) is 5.91 Å². The van der Waals surface area contributed by atoms with Gasteiger partial charge in [0.1, 0.15) is 5.75 Å². The van der Waals surface area contributed by atoms with Crippen molar-refractivity contribution < 1.29 is 19.0 Å². The summed E-state index contributed by atoms with van der Waals surface area (Å²) in [6.07, 6.45) is 2.92. The summed E-state index contributed by atoms with van der Waals surface area (Å²) in [6, 6.07) is 7.91. The predicted molar refractivity (Wildman–Crippen MR) is 86.7 cm³/mol. The first-order valence-electron chi connectivity index (χ1n) is 8.24. The molecule has 1 aliphatic carbocycles. The monoisotopic (exact) mass is 319 g/mol. The van der Waals surface area contributed by atoms with E-state index in [4.69, 9.17) is 14.2 Å². The average molecular weight is 319 g/mol. The standard InChI is InChI=1S/C18H25NO4/c1-21-11-12-23-16-7-10-19(13-16)17(20)18(8-9-18)14-3-5-15(22-2)6-4-14/h3-6,16H,7-13H2,1-2H3. The highest BCUT2D eigenvalue weighted by atomic mass is 16.5. The SMILES string of the molecule is COCCOC1CCN(C(=O)C2(c3ccc(OC)cc3)CC2)C1. The Morgan fingerprint density at radius 2 is 1.96 bits per heavy atom. The van der Waals surface area contributed by atoms with E-state index in [-0.39, 0.29) is 17.4 Å². The molecule has 5 nitrogen and oxygen atoms in total. The van der Waals surface area contributed by atoms with Gasteiger partial charge in [-0.15, -0.1) is 0 Å². The number of carbonyl (C=O) groups excluding carboxylic acids is 1. The lowest BCUT2D eigenvalue weighted by Crippen LogP contribution is -2.38. The van der Waals surface area contributed by atoms with E-state index in [1.165, 1.54) is 0 Å². The van der Waals surface area contributed by atoms with E-state index in [1.807, 2.05) is 29.2 Å². The zero-order chi connectivity index (χ0) is 16.3. The molecule has 1 aromatic rings. The molecule has 0 aromatic heterocycles. The Hall–Kier alpha value is -1.59. The highest BCUT2D eigenvalue weighted by Crippen LogP contribution is 2.50. The van der Waals surface area contributed by atoms with Crippen molar-refractivity contribution in [2.75, 3.05) is 40.5 Å². The van der Waals surface area contributed by atoms with E-state index in [0.717, 1.165) is 37.1 Å². The molecule has 0 spiro atoms. The number of benzene rings is 1. The molecule has 1 saturated carbocycles. The smallest absolute Gasteiger partial charge is 0.233 e. The van der Waals surface area contributed by atoms with Crippen LogP contribution in [0.1, 0.15) is 24.8 Å². The molecule has 0 radical (unpaired) electrons. The molecular formula is C18H25NO4. The molecule has 1 saturated heterocycles. The number of methoxy groups -OCH3 is 2. The number of carbonyl (C=O) groups is 1. The van der Waals surface area contributed by atoms with Crippen molar-refractivity contribution >= 4 is 5.91 Å². The highest BCUT2D eigenvalue weighted by molar-refractivity contribution is 5.91. The van der Waals surface area contributed by atoms with Crippen molar-refractivity contribution in [3.05, 3.63) is 29.8 Å². The molecule has 1 atom stereocenters. The summed E-state index contributed by atoms with van der Waals surface area (Å²) < 4.78 is 16.0. The van der Waals surface area contributed by atoms with Crippen molar-refractivity contribution in [2.24, 2.45) is 0 Å². The second kappa shape index (κ2) is 6.89. The number of hydrogen-bond donors (Lipinski definition) is 0. The van der Waals surface area contributed by atoms with Crippen LogP contribution in [-0.2, 0) is 19.7 Å². The zero-order valence-electron chi connectivity index (χ0n) is 13.9. The predicted octanol–water partition coefficient (Wildman–Crippen LogP) is 1.99. The molecule has 3 rings (SSSR count). The maximum atomic E-state index is 13.0. The van der Waals surface area contributed by atoms with Crippen LogP contribution in [0.25, 0.3) is 0 Å². The van der Waals surface area contributed by atoms with Crippen LogP contribution in [-0.4, -0.2) is 57.4 Å². The summed E-state index contributed by atoms with van der Waals surface area (Å²) in [5, 5.41) is 0. The Morgan fingerprint density at radius 3 is 2.57 bits per heavy atom. The molecule has 2 aliphatic rings. The number of nitrogens with zero attached hydrogens (tertiary/aromatic N) is 1. The normalized spacial score (nSPS) is 22.2. The van der Waals surface area contributed by atoms with Gasteiger partial charge in [-0.3, -0.25) is 4.79 Å². The molecular weight excluding hydrogens is 294 g/mol. The van der Waals surface area contributed by atoms with Crippen LogP contribution in [0.4, 0.5) is 0 Å². The first-order valence-corrected chi connectivity index (χ1v) is 8.24. The number of ether oxygens (including phenoxy) is 3. The molecule has 0 bridgehead atoms. The minimum atomic E-state index is -0.312. The maximum absolute atomic E-state index is 13.0. The van der Waals surface area contributed by atoms with Crippen LogP contribution < -0.4 is 4.74 Å². The van der Waals surface area contributed by atoms with Gasteiger partial charge in [0, 0.05) is 20.2 Å². The van der Waals surface area contributed by atoms with Crippen molar-refractivity contribution in [1.29, 1.82) is 0 Å². The first-order chi connectivity index (χ1) is 11.2. The lowest BCUT2D eigenvalue weighted by Gasteiger charge is -2.23. The minimum absolute atomic E-state index is 0.140. The Morgan fingerprint density at radius 1 is 1.22 bits per heavy atom. The molecule has 1 aromatic carbocycles. The van der Waals surface area contributed by atoms with Crippen molar-refractivity contribution in [1.82, 2.24) is 4.90 Å². The number of rotatable bonds is 7. The van der Waals surface area contributed by atoms with Crippen molar-refractivity contribution in [3.63, 3.8) is 0 Å². The highest BCUT2D eigenvalue weighted by Gasteiger charge is 2.53. The summed E-state index contributed by atoms with van der Waals surface area (Å²) in [7, 11) is 3.32. The molecule has 5 heteroatoms. The summed E-state index contributed by atoms with van der Waals surface area (Å²) in [6.45, 7) is 2.67. The third-order valence-corrected chi connectivity index (χ3v) is 4.88. The number of likely N-dealkylation sites (tertiary alicyclic amines) is 1. The topological polar surface area (TPSA) is 48.0 Å². The fourth-order valence-electron chi connectivity index (χ4n) is 3.31. The zero-order valence-corrected chi connectivity index (χ0v) is 13.9. The van der Waals surface area contributed by atoms with Gasteiger partial charge in [0.15, 0.2) is 0 Å². The van der Waals surface area contributed by atoms with Gasteiger partial charge in [-0.25, -0.2) is 0 Å². The Labute approximate surface area is 137 Å². The van der Waals surface area contributed by atoms with Crippen LogP contribution in [0.5, 0.6) is 5.75 Å². The molecule has 1 amide bonds. The molecule has 0 N–H and O–H groups in total. The van der Waals surface area contributed by atoms with Gasteiger partial charge in [-0.05, 0) is 37.0 Å². The lowest BCUT2D eigenvalue weighted by molar-refractivity contribution is -0.133. The van der Waals surface area contributed by atoms with E-state index in [9.17, 15) is 4.79 Å². The summed E-state index contributed by atoms with van der Waals surface area (Å²) in [5.74, 6) is 1.07. The fraction of sp³-hybridized carbons (Fsp3) is 0.611. The van der Waals surface area contributed by atoms with Crippen LogP contribution in [0, 0.1) is 0 Å². The molecule has 1 unspecified atom stereocenters. The van der Waals surface area contributed by atoms with E-state index in [2.05, 4.69) is 0 Å². The Bertz CT molecular complexity index is 538. The van der Waals surface area contributed by atoms with Gasteiger partial charge < -0.3 is 19.1 Å². The first kappa shape index (κ1) is 16.3. The molecule has 2 fully saturated rings. The lowest BCUT2D eigenvalue weighted by atomic mass is 9.94. The average Bonchev–Trinajstić information content (AvgIpc) is 3.27. The van der Waals surface area contributed by atoms with Gasteiger partial charge >= 0.3 is 0 Å². The second-order valence-corrected chi connectivity index (χ2v) is 6.34.